The van der Waals surface area contributed by atoms with Gasteiger partial charge in [-0.15, -0.1) is 0 Å². The average Bonchev–Trinajstić information content (AvgIpc) is 3.03. The summed E-state index contributed by atoms with van der Waals surface area (Å²) in [6.07, 6.45) is 8.12. The Labute approximate surface area is 231 Å². The lowest BCUT2D eigenvalue weighted by Crippen LogP contribution is -2.49. The standard InChI is InChI=1S/C28H36F2N6O4/c1-35-23-14-31-27(34-24(23)36(16-28(29,30)26(35)40)20-5-3-2-4-6-20)33-22-12-7-17(13-18(22)15-37)25(39)32-19-8-10-21(38)11-9-19/h7,12-14,19-21,37-38H,2-6,8-11,15-16H2,1H3,(H,32,39)(H,31,33,34). The van der Waals surface area contributed by atoms with Crippen molar-refractivity contribution in [3.05, 3.63) is 35.5 Å². The molecular formula is C28H36F2N6O4. The number of hydrogen-bond donors (Lipinski definition) is 4. The van der Waals surface area contributed by atoms with Gasteiger partial charge in [0.15, 0.2) is 5.82 Å². The Morgan fingerprint density at radius 3 is 2.55 bits per heavy atom. The predicted molar refractivity (Wildman–Crippen MR) is 146 cm³/mol. The fourth-order valence-electron chi connectivity index (χ4n) is 5.88. The van der Waals surface area contributed by atoms with E-state index in [1.54, 1.807) is 23.1 Å². The molecule has 0 bridgehead atoms. The SMILES string of the molecule is CN1C(=O)C(F)(F)CN(C2CCCCC2)c2nc(Nc3ccc(C(=O)NC4CCC(O)CC4)cc3CO)ncc21. The summed E-state index contributed by atoms with van der Waals surface area (Å²) in [6, 6.07) is 4.67. The third-order valence-electron chi connectivity index (χ3n) is 8.20. The van der Waals surface area contributed by atoms with Gasteiger partial charge in [0.25, 0.3) is 11.8 Å². The Morgan fingerprint density at radius 2 is 1.85 bits per heavy atom. The molecule has 0 unspecified atom stereocenters. The molecule has 0 radical (unpaired) electrons. The van der Waals surface area contributed by atoms with Crippen molar-refractivity contribution < 1.29 is 28.6 Å². The van der Waals surface area contributed by atoms with Gasteiger partial charge in [-0.3, -0.25) is 9.59 Å². The summed E-state index contributed by atoms with van der Waals surface area (Å²) < 4.78 is 29.8. The molecule has 5 rings (SSSR count). The van der Waals surface area contributed by atoms with E-state index in [0.29, 0.717) is 42.5 Å². The minimum Gasteiger partial charge on any atom is -0.393 e. The molecule has 2 heterocycles. The Balaban J connectivity index is 1.39. The number of nitrogens with zero attached hydrogens (tertiary/aromatic N) is 4. The van der Waals surface area contributed by atoms with Crippen LogP contribution < -0.4 is 20.4 Å². The Morgan fingerprint density at radius 1 is 1.12 bits per heavy atom. The van der Waals surface area contributed by atoms with Crippen molar-refractivity contribution in [1.82, 2.24) is 15.3 Å². The van der Waals surface area contributed by atoms with E-state index in [-0.39, 0.29) is 48.2 Å². The van der Waals surface area contributed by atoms with Crippen molar-refractivity contribution in [2.45, 2.75) is 88.5 Å². The van der Waals surface area contributed by atoms with Crippen molar-refractivity contribution in [2.75, 3.05) is 28.7 Å². The lowest BCUT2D eigenvalue weighted by molar-refractivity contribution is -0.140. The maximum atomic E-state index is 14.9. The van der Waals surface area contributed by atoms with Crippen molar-refractivity contribution in [1.29, 1.82) is 0 Å². The van der Waals surface area contributed by atoms with Crippen LogP contribution in [0.15, 0.2) is 24.4 Å². The van der Waals surface area contributed by atoms with Gasteiger partial charge in [0.1, 0.15) is 5.69 Å². The van der Waals surface area contributed by atoms with E-state index < -0.39 is 18.4 Å². The number of aliphatic hydroxyl groups excluding tert-OH is 2. The van der Waals surface area contributed by atoms with Crippen LogP contribution in [0.5, 0.6) is 0 Å². The van der Waals surface area contributed by atoms with Gasteiger partial charge in [-0.1, -0.05) is 19.3 Å². The molecule has 2 saturated carbocycles. The molecule has 4 N–H and O–H groups in total. The first kappa shape index (κ1) is 28.2. The zero-order valence-electron chi connectivity index (χ0n) is 22.6. The molecule has 10 nitrogen and oxygen atoms in total. The third kappa shape index (κ3) is 5.87. The van der Waals surface area contributed by atoms with Gasteiger partial charge in [-0.2, -0.15) is 13.8 Å². The van der Waals surface area contributed by atoms with Crippen LogP contribution in [-0.4, -0.2) is 69.7 Å². The average molecular weight is 559 g/mol. The fourth-order valence-corrected chi connectivity index (χ4v) is 5.88. The molecule has 216 valence electrons. The van der Waals surface area contributed by atoms with Gasteiger partial charge in [-0.25, -0.2) is 4.98 Å². The van der Waals surface area contributed by atoms with Crippen LogP contribution >= 0.6 is 0 Å². The van der Waals surface area contributed by atoms with E-state index in [1.807, 2.05) is 0 Å². The Hall–Kier alpha value is -3.38. The second kappa shape index (κ2) is 11.6. The highest BCUT2D eigenvalue weighted by Crippen LogP contribution is 2.39. The van der Waals surface area contributed by atoms with Crippen LogP contribution in [0.25, 0.3) is 0 Å². The molecule has 1 aromatic heterocycles. The largest absolute Gasteiger partial charge is 0.393 e. The van der Waals surface area contributed by atoms with E-state index in [4.69, 9.17) is 0 Å². The van der Waals surface area contributed by atoms with E-state index in [0.717, 1.165) is 37.0 Å². The number of benzene rings is 1. The molecule has 2 aliphatic carbocycles. The molecule has 3 aliphatic rings. The molecule has 2 amide bonds. The van der Waals surface area contributed by atoms with Crippen molar-refractivity contribution in [2.24, 2.45) is 0 Å². The molecule has 2 fully saturated rings. The van der Waals surface area contributed by atoms with Gasteiger partial charge in [0.2, 0.25) is 5.95 Å². The van der Waals surface area contributed by atoms with E-state index >= 15 is 0 Å². The molecular weight excluding hydrogens is 522 g/mol. The minimum absolute atomic E-state index is 0.0104. The molecule has 1 aromatic carbocycles. The maximum absolute atomic E-state index is 14.9. The number of amides is 2. The molecule has 2 aromatic rings. The quantitative estimate of drug-likeness (QED) is 0.424. The van der Waals surface area contributed by atoms with E-state index in [1.165, 1.54) is 13.2 Å². The van der Waals surface area contributed by atoms with Crippen LogP contribution in [0.1, 0.15) is 73.7 Å². The molecule has 40 heavy (non-hydrogen) atoms. The number of carbonyl (C=O) groups is 2. The Kier molecular flexibility index (Phi) is 8.18. The zero-order valence-corrected chi connectivity index (χ0v) is 22.6. The lowest BCUT2D eigenvalue weighted by Gasteiger charge is -2.35. The predicted octanol–water partition coefficient (Wildman–Crippen LogP) is 3.50. The molecule has 0 spiro atoms. The second-order valence-corrected chi connectivity index (χ2v) is 11.0. The fraction of sp³-hybridized carbons (Fsp3) is 0.571. The smallest absolute Gasteiger partial charge is 0.342 e. The van der Waals surface area contributed by atoms with Gasteiger partial charge in [0, 0.05) is 35.9 Å². The highest BCUT2D eigenvalue weighted by molar-refractivity contribution is 6.02. The number of alkyl halides is 2. The van der Waals surface area contributed by atoms with Gasteiger partial charge >= 0.3 is 5.92 Å². The number of aliphatic hydroxyl groups is 2. The normalized spacial score (nSPS) is 23.4. The van der Waals surface area contributed by atoms with Gasteiger partial charge in [0.05, 0.1) is 25.5 Å². The van der Waals surface area contributed by atoms with E-state index in [9.17, 15) is 28.6 Å². The number of nitrogens with one attached hydrogen (secondary N) is 2. The zero-order chi connectivity index (χ0) is 28.4. The topological polar surface area (TPSA) is 131 Å². The number of fused-ring (bicyclic) bond motifs is 1. The first-order chi connectivity index (χ1) is 19.2. The third-order valence-corrected chi connectivity index (χ3v) is 8.20. The molecule has 1 aliphatic heterocycles. The van der Waals surface area contributed by atoms with Crippen LogP contribution in [0, 0.1) is 0 Å². The first-order valence-corrected chi connectivity index (χ1v) is 14.0. The number of halogens is 2. The number of anilines is 4. The first-order valence-electron chi connectivity index (χ1n) is 14.0. The van der Waals surface area contributed by atoms with Crippen LogP contribution in [0.2, 0.25) is 0 Å². The summed E-state index contributed by atoms with van der Waals surface area (Å²) in [6.45, 7) is -1.11. The van der Waals surface area contributed by atoms with Crippen LogP contribution in [-0.2, 0) is 11.4 Å². The molecule has 0 atom stereocenters. The summed E-state index contributed by atoms with van der Waals surface area (Å²) in [5, 5.41) is 25.8. The summed E-state index contributed by atoms with van der Waals surface area (Å²) in [7, 11) is 1.30. The van der Waals surface area contributed by atoms with Crippen molar-refractivity contribution in [3.8, 4) is 0 Å². The highest BCUT2D eigenvalue weighted by Gasteiger charge is 2.48. The van der Waals surface area contributed by atoms with Crippen LogP contribution in [0.3, 0.4) is 0 Å². The van der Waals surface area contributed by atoms with Crippen molar-refractivity contribution in [3.63, 3.8) is 0 Å². The molecule has 12 heteroatoms. The van der Waals surface area contributed by atoms with E-state index in [2.05, 4.69) is 20.6 Å². The summed E-state index contributed by atoms with van der Waals surface area (Å²) in [5.41, 5.74) is 1.50. The van der Waals surface area contributed by atoms with Gasteiger partial charge < -0.3 is 30.6 Å². The second-order valence-electron chi connectivity index (χ2n) is 11.0. The number of aromatic nitrogens is 2. The lowest BCUT2D eigenvalue weighted by atomic mass is 9.93. The summed E-state index contributed by atoms with van der Waals surface area (Å²) in [4.78, 5) is 36.7. The Bertz CT molecular complexity index is 1250. The maximum Gasteiger partial charge on any atom is 0.342 e. The molecule has 0 saturated heterocycles. The number of rotatable bonds is 6. The van der Waals surface area contributed by atoms with Crippen LogP contribution in [0.4, 0.5) is 31.9 Å². The number of carbonyl (C=O) groups excluding carboxylic acids is 2. The number of hydrogen-bond acceptors (Lipinski definition) is 8. The monoisotopic (exact) mass is 558 g/mol. The highest BCUT2D eigenvalue weighted by atomic mass is 19.3. The summed E-state index contributed by atoms with van der Waals surface area (Å²) >= 11 is 0. The minimum atomic E-state index is -3.57. The van der Waals surface area contributed by atoms with Crippen molar-refractivity contribution >= 4 is 35.0 Å². The van der Waals surface area contributed by atoms with Gasteiger partial charge in [-0.05, 0) is 56.7 Å². The summed E-state index contributed by atoms with van der Waals surface area (Å²) in [5.74, 6) is -4.74.